The van der Waals surface area contributed by atoms with E-state index < -0.39 is 0 Å². The van der Waals surface area contributed by atoms with Crippen LogP contribution in [0.5, 0.6) is 0 Å². The minimum atomic E-state index is 0.692. The van der Waals surface area contributed by atoms with Crippen LogP contribution in [-0.2, 0) is 6.42 Å². The number of nitrogens with one attached hydrogen (secondary N) is 1. The average molecular weight is 294 g/mol. The molecule has 1 atom stereocenters. The molecule has 1 aromatic rings. The Morgan fingerprint density at radius 3 is 2.45 bits per heavy atom. The molecule has 1 heterocycles. The molecule has 20 heavy (non-hydrogen) atoms. The molecular formula is C18H31NS. The van der Waals surface area contributed by atoms with Gasteiger partial charge in [0.05, 0.1) is 0 Å². The van der Waals surface area contributed by atoms with E-state index in [0.717, 1.165) is 17.8 Å². The number of thiophene rings is 1. The summed E-state index contributed by atoms with van der Waals surface area (Å²) in [5, 5.41) is 8.36. The van der Waals surface area contributed by atoms with E-state index in [0.29, 0.717) is 6.04 Å². The Balaban J connectivity index is 1.90. The smallest absolute Gasteiger partial charge is 0.0136 e. The Morgan fingerprint density at radius 1 is 1.20 bits per heavy atom. The van der Waals surface area contributed by atoms with E-state index in [1.165, 1.54) is 50.6 Å². The highest BCUT2D eigenvalue weighted by Gasteiger charge is 2.28. The van der Waals surface area contributed by atoms with Crippen molar-refractivity contribution in [1.29, 1.82) is 0 Å². The molecule has 2 rings (SSSR count). The standard InChI is InChI=1S/C18H31NS/c1-4-10-19-18(12-15-9-11-20-13-15)17-7-5-16(6-8-17)14(2)3/h9,11,13-14,16-19H,4-8,10,12H2,1-3H3. The Hall–Kier alpha value is -0.340. The molecule has 1 nitrogen and oxygen atoms in total. The second-order valence-electron chi connectivity index (χ2n) is 6.82. The Labute approximate surface area is 129 Å². The van der Waals surface area contributed by atoms with E-state index in [2.05, 4.69) is 42.9 Å². The van der Waals surface area contributed by atoms with Crippen LogP contribution in [0.4, 0.5) is 0 Å². The lowest BCUT2D eigenvalue weighted by Crippen LogP contribution is -2.40. The third-order valence-corrected chi connectivity index (χ3v) is 5.75. The van der Waals surface area contributed by atoms with Gasteiger partial charge in [-0.1, -0.05) is 20.8 Å². The summed E-state index contributed by atoms with van der Waals surface area (Å²) in [5.41, 5.74) is 1.52. The van der Waals surface area contributed by atoms with Gasteiger partial charge >= 0.3 is 0 Å². The minimum absolute atomic E-state index is 0.692. The lowest BCUT2D eigenvalue weighted by molar-refractivity contribution is 0.188. The van der Waals surface area contributed by atoms with Crippen molar-refractivity contribution in [2.45, 2.75) is 65.3 Å². The number of hydrogen-bond acceptors (Lipinski definition) is 2. The summed E-state index contributed by atoms with van der Waals surface area (Å²) in [5.74, 6) is 2.73. The number of hydrogen-bond donors (Lipinski definition) is 1. The second kappa shape index (κ2) is 8.19. The lowest BCUT2D eigenvalue weighted by atomic mass is 9.73. The molecule has 2 heteroatoms. The Morgan fingerprint density at radius 2 is 1.90 bits per heavy atom. The molecule has 1 fully saturated rings. The van der Waals surface area contributed by atoms with E-state index in [-0.39, 0.29) is 0 Å². The fraction of sp³-hybridized carbons (Fsp3) is 0.778. The van der Waals surface area contributed by atoms with Gasteiger partial charge in [-0.2, -0.15) is 11.3 Å². The summed E-state index contributed by atoms with van der Waals surface area (Å²) in [7, 11) is 0. The van der Waals surface area contributed by atoms with Crippen molar-refractivity contribution in [3.8, 4) is 0 Å². The molecule has 1 unspecified atom stereocenters. The Bertz CT molecular complexity index is 350. The molecule has 0 aromatic carbocycles. The molecule has 0 saturated heterocycles. The van der Waals surface area contributed by atoms with Crippen LogP contribution in [0.2, 0.25) is 0 Å². The van der Waals surface area contributed by atoms with Gasteiger partial charge in [0.1, 0.15) is 0 Å². The van der Waals surface area contributed by atoms with Gasteiger partial charge in [0, 0.05) is 6.04 Å². The van der Waals surface area contributed by atoms with E-state index in [1.54, 1.807) is 0 Å². The van der Waals surface area contributed by atoms with Gasteiger partial charge in [-0.3, -0.25) is 0 Å². The molecule has 0 radical (unpaired) electrons. The summed E-state index contributed by atoms with van der Waals surface area (Å²) in [6.45, 7) is 8.22. The summed E-state index contributed by atoms with van der Waals surface area (Å²) < 4.78 is 0. The van der Waals surface area contributed by atoms with Crippen molar-refractivity contribution < 1.29 is 0 Å². The van der Waals surface area contributed by atoms with Crippen LogP contribution < -0.4 is 5.32 Å². The third kappa shape index (κ3) is 4.60. The molecule has 0 bridgehead atoms. The SMILES string of the molecule is CCCNC(Cc1ccsc1)C1CCC(C(C)C)CC1. The second-order valence-corrected chi connectivity index (χ2v) is 7.60. The zero-order valence-electron chi connectivity index (χ0n) is 13.4. The maximum atomic E-state index is 3.83. The predicted octanol–water partition coefficient (Wildman–Crippen LogP) is 5.12. The maximum Gasteiger partial charge on any atom is 0.0136 e. The Kier molecular flexibility index (Phi) is 6.57. The highest BCUT2D eigenvalue weighted by molar-refractivity contribution is 7.07. The van der Waals surface area contributed by atoms with Crippen LogP contribution in [0.25, 0.3) is 0 Å². The minimum Gasteiger partial charge on any atom is -0.313 e. The highest BCUT2D eigenvalue weighted by atomic mass is 32.1. The van der Waals surface area contributed by atoms with E-state index in [1.807, 2.05) is 11.3 Å². The van der Waals surface area contributed by atoms with Crippen LogP contribution in [-0.4, -0.2) is 12.6 Å². The van der Waals surface area contributed by atoms with Crippen molar-refractivity contribution in [1.82, 2.24) is 5.32 Å². The zero-order chi connectivity index (χ0) is 14.4. The van der Waals surface area contributed by atoms with Gasteiger partial charge in [0.25, 0.3) is 0 Å². The average Bonchev–Trinajstić information content (AvgIpc) is 2.96. The molecule has 0 aliphatic heterocycles. The summed E-state index contributed by atoms with van der Waals surface area (Å²) in [6, 6.07) is 2.99. The summed E-state index contributed by atoms with van der Waals surface area (Å²) in [6.07, 6.45) is 8.19. The maximum absolute atomic E-state index is 3.83. The van der Waals surface area contributed by atoms with Gasteiger partial charge in [0.2, 0.25) is 0 Å². The molecule has 1 N–H and O–H groups in total. The lowest BCUT2D eigenvalue weighted by Gasteiger charge is -2.36. The number of rotatable bonds is 7. The first kappa shape index (κ1) is 16.0. The van der Waals surface area contributed by atoms with Gasteiger partial charge in [0.15, 0.2) is 0 Å². The summed E-state index contributed by atoms with van der Waals surface area (Å²) >= 11 is 1.83. The molecule has 1 aliphatic carbocycles. The van der Waals surface area contributed by atoms with Gasteiger partial charge in [-0.15, -0.1) is 0 Å². The molecular weight excluding hydrogens is 262 g/mol. The van der Waals surface area contributed by atoms with Gasteiger partial charge in [-0.05, 0) is 85.2 Å². The molecule has 114 valence electrons. The topological polar surface area (TPSA) is 12.0 Å². The zero-order valence-corrected chi connectivity index (χ0v) is 14.2. The van der Waals surface area contributed by atoms with Crippen molar-refractivity contribution in [3.63, 3.8) is 0 Å². The third-order valence-electron chi connectivity index (χ3n) is 5.02. The van der Waals surface area contributed by atoms with E-state index >= 15 is 0 Å². The molecule has 0 amide bonds. The van der Waals surface area contributed by atoms with Gasteiger partial charge < -0.3 is 5.32 Å². The monoisotopic (exact) mass is 293 g/mol. The van der Waals surface area contributed by atoms with Crippen molar-refractivity contribution in [2.75, 3.05) is 6.54 Å². The van der Waals surface area contributed by atoms with Crippen molar-refractivity contribution in [3.05, 3.63) is 22.4 Å². The fourth-order valence-electron chi connectivity index (χ4n) is 3.61. The normalized spacial score (nSPS) is 25.0. The van der Waals surface area contributed by atoms with E-state index in [9.17, 15) is 0 Å². The van der Waals surface area contributed by atoms with Crippen LogP contribution in [0.1, 0.15) is 58.4 Å². The fourth-order valence-corrected chi connectivity index (χ4v) is 4.29. The first-order valence-corrected chi connectivity index (χ1v) is 9.39. The van der Waals surface area contributed by atoms with Crippen LogP contribution in [0.15, 0.2) is 16.8 Å². The molecule has 1 aliphatic rings. The quantitative estimate of drug-likeness (QED) is 0.735. The molecule has 1 saturated carbocycles. The first-order valence-electron chi connectivity index (χ1n) is 8.45. The van der Waals surface area contributed by atoms with Crippen molar-refractivity contribution in [2.24, 2.45) is 17.8 Å². The van der Waals surface area contributed by atoms with Crippen LogP contribution in [0, 0.1) is 17.8 Å². The van der Waals surface area contributed by atoms with Crippen molar-refractivity contribution >= 4 is 11.3 Å². The molecule has 1 aromatic heterocycles. The predicted molar refractivity (Wildman–Crippen MR) is 90.4 cm³/mol. The van der Waals surface area contributed by atoms with Gasteiger partial charge in [-0.25, -0.2) is 0 Å². The largest absolute Gasteiger partial charge is 0.313 e. The van der Waals surface area contributed by atoms with Crippen LogP contribution >= 0.6 is 11.3 Å². The molecule has 0 spiro atoms. The highest BCUT2D eigenvalue weighted by Crippen LogP contribution is 2.35. The summed E-state index contributed by atoms with van der Waals surface area (Å²) in [4.78, 5) is 0. The van der Waals surface area contributed by atoms with E-state index in [4.69, 9.17) is 0 Å². The van der Waals surface area contributed by atoms with Crippen LogP contribution in [0.3, 0.4) is 0 Å². The first-order chi connectivity index (χ1) is 9.70.